The van der Waals surface area contributed by atoms with Gasteiger partial charge in [-0.15, -0.1) is 0 Å². The first-order chi connectivity index (χ1) is 13.5. The minimum absolute atomic E-state index is 0.0357. The Kier molecular flexibility index (Phi) is 6.89. The summed E-state index contributed by atoms with van der Waals surface area (Å²) >= 11 is 0. The zero-order valence-corrected chi connectivity index (χ0v) is 16.6. The standard InChI is InChI=1S/C20H28N4O4/c1-14(2)27-19-16(5-4-8-21-19)23-20(25)22-13-17(18-7-6-15(3)28-18)24-9-11-26-12-10-24/h4-8,14,17H,9-13H2,1-3H3,(H2,22,23,25). The van der Waals surface area contributed by atoms with Crippen LogP contribution in [-0.4, -0.2) is 54.9 Å². The molecule has 3 rings (SSSR count). The lowest BCUT2D eigenvalue weighted by Gasteiger charge is -2.33. The van der Waals surface area contributed by atoms with Gasteiger partial charge >= 0.3 is 6.03 Å². The van der Waals surface area contributed by atoms with Crippen molar-refractivity contribution in [2.75, 3.05) is 38.2 Å². The van der Waals surface area contributed by atoms with Crippen LogP contribution in [-0.2, 0) is 4.74 Å². The summed E-state index contributed by atoms with van der Waals surface area (Å²) in [5.74, 6) is 2.09. The molecule has 0 aliphatic carbocycles. The number of morpholine rings is 1. The van der Waals surface area contributed by atoms with Gasteiger partial charge in [0.25, 0.3) is 0 Å². The maximum Gasteiger partial charge on any atom is 0.319 e. The molecule has 1 fully saturated rings. The van der Waals surface area contributed by atoms with Crippen molar-refractivity contribution >= 4 is 11.7 Å². The van der Waals surface area contributed by atoms with Gasteiger partial charge in [-0.3, -0.25) is 4.90 Å². The van der Waals surface area contributed by atoms with Gasteiger partial charge in [0.15, 0.2) is 0 Å². The van der Waals surface area contributed by atoms with E-state index in [0.717, 1.165) is 24.6 Å². The van der Waals surface area contributed by atoms with Crippen molar-refractivity contribution in [3.05, 3.63) is 42.0 Å². The number of amides is 2. The number of anilines is 1. The van der Waals surface area contributed by atoms with Gasteiger partial charge in [-0.05, 0) is 45.0 Å². The lowest BCUT2D eigenvalue weighted by atomic mass is 10.1. The third-order valence-corrected chi connectivity index (χ3v) is 4.40. The van der Waals surface area contributed by atoms with E-state index < -0.39 is 0 Å². The number of rotatable bonds is 7. The van der Waals surface area contributed by atoms with E-state index in [4.69, 9.17) is 13.9 Å². The highest BCUT2D eigenvalue weighted by Crippen LogP contribution is 2.24. The Morgan fingerprint density at radius 3 is 2.75 bits per heavy atom. The average Bonchev–Trinajstić information content (AvgIpc) is 3.10. The van der Waals surface area contributed by atoms with Gasteiger partial charge in [0.2, 0.25) is 5.88 Å². The van der Waals surface area contributed by atoms with Crippen molar-refractivity contribution in [1.29, 1.82) is 0 Å². The summed E-state index contributed by atoms with van der Waals surface area (Å²) in [6.45, 7) is 9.10. The molecule has 3 heterocycles. The minimum Gasteiger partial charge on any atom is -0.473 e. The van der Waals surface area contributed by atoms with Crippen LogP contribution in [0.25, 0.3) is 0 Å². The number of nitrogens with zero attached hydrogens (tertiary/aromatic N) is 2. The fraction of sp³-hybridized carbons (Fsp3) is 0.500. The highest BCUT2D eigenvalue weighted by molar-refractivity contribution is 5.90. The Balaban J connectivity index is 1.64. The van der Waals surface area contributed by atoms with Crippen LogP contribution < -0.4 is 15.4 Å². The van der Waals surface area contributed by atoms with Gasteiger partial charge in [0.1, 0.15) is 17.2 Å². The van der Waals surface area contributed by atoms with Gasteiger partial charge in [0.05, 0.1) is 25.4 Å². The van der Waals surface area contributed by atoms with E-state index in [1.54, 1.807) is 18.3 Å². The lowest BCUT2D eigenvalue weighted by molar-refractivity contribution is 0.0122. The molecular formula is C20H28N4O4. The number of aromatic nitrogens is 1. The van der Waals surface area contributed by atoms with Crippen LogP contribution in [0.15, 0.2) is 34.9 Å². The SMILES string of the molecule is Cc1ccc(C(CNC(=O)Nc2cccnc2OC(C)C)N2CCOCC2)o1. The van der Waals surface area contributed by atoms with E-state index in [1.165, 1.54) is 0 Å². The Hall–Kier alpha value is -2.58. The first kappa shape index (κ1) is 20.2. The molecule has 1 aliphatic rings. The summed E-state index contributed by atoms with van der Waals surface area (Å²) in [4.78, 5) is 18.9. The van der Waals surface area contributed by atoms with E-state index in [2.05, 4.69) is 20.5 Å². The van der Waals surface area contributed by atoms with E-state index in [9.17, 15) is 4.79 Å². The Morgan fingerprint density at radius 1 is 1.29 bits per heavy atom. The van der Waals surface area contributed by atoms with E-state index in [0.29, 0.717) is 31.3 Å². The van der Waals surface area contributed by atoms with Crippen LogP contribution in [0.2, 0.25) is 0 Å². The molecule has 8 heteroatoms. The Bertz CT molecular complexity index is 771. The summed E-state index contributed by atoms with van der Waals surface area (Å²) in [7, 11) is 0. The van der Waals surface area contributed by atoms with E-state index in [-0.39, 0.29) is 18.2 Å². The highest BCUT2D eigenvalue weighted by atomic mass is 16.5. The maximum absolute atomic E-state index is 12.5. The summed E-state index contributed by atoms with van der Waals surface area (Å²) in [5.41, 5.74) is 0.533. The molecule has 1 unspecified atom stereocenters. The molecule has 2 amide bonds. The van der Waals surface area contributed by atoms with Crippen molar-refractivity contribution in [3.63, 3.8) is 0 Å². The number of carbonyl (C=O) groups is 1. The molecule has 0 saturated carbocycles. The third kappa shape index (κ3) is 5.46. The van der Waals surface area contributed by atoms with Crippen LogP contribution in [0.1, 0.15) is 31.4 Å². The molecule has 0 bridgehead atoms. The number of nitrogens with one attached hydrogen (secondary N) is 2. The molecule has 0 aromatic carbocycles. The topological polar surface area (TPSA) is 88.9 Å². The molecule has 152 valence electrons. The van der Waals surface area contributed by atoms with Crippen LogP contribution in [0.3, 0.4) is 0 Å². The molecule has 2 aromatic rings. The fourth-order valence-corrected chi connectivity index (χ4v) is 3.09. The predicted molar refractivity (Wildman–Crippen MR) is 106 cm³/mol. The number of aryl methyl sites for hydroxylation is 1. The molecule has 28 heavy (non-hydrogen) atoms. The van der Waals surface area contributed by atoms with Gasteiger partial charge in [-0.2, -0.15) is 0 Å². The number of carbonyl (C=O) groups excluding carboxylic acids is 1. The van der Waals surface area contributed by atoms with Crippen LogP contribution in [0.5, 0.6) is 5.88 Å². The lowest BCUT2D eigenvalue weighted by Crippen LogP contribution is -2.44. The summed E-state index contributed by atoms with van der Waals surface area (Å²) < 4.78 is 16.9. The number of furan rings is 1. The number of hydrogen-bond acceptors (Lipinski definition) is 6. The number of pyridine rings is 1. The summed E-state index contributed by atoms with van der Waals surface area (Å²) in [6, 6.07) is 7.05. The normalized spacial score (nSPS) is 16.0. The second-order valence-electron chi connectivity index (χ2n) is 6.97. The van der Waals surface area contributed by atoms with Crippen molar-refractivity contribution in [2.45, 2.75) is 32.9 Å². The zero-order valence-electron chi connectivity index (χ0n) is 16.6. The van der Waals surface area contributed by atoms with Crippen LogP contribution in [0, 0.1) is 6.92 Å². The zero-order chi connectivity index (χ0) is 19.9. The molecule has 1 saturated heterocycles. The Labute approximate surface area is 165 Å². The van der Waals surface area contributed by atoms with E-state index in [1.807, 2.05) is 32.9 Å². The number of ether oxygens (including phenoxy) is 2. The van der Waals surface area contributed by atoms with E-state index >= 15 is 0 Å². The highest BCUT2D eigenvalue weighted by Gasteiger charge is 2.25. The molecule has 1 aliphatic heterocycles. The summed E-state index contributed by atoms with van der Waals surface area (Å²) in [6.07, 6.45) is 1.60. The largest absolute Gasteiger partial charge is 0.473 e. The molecule has 1 atom stereocenters. The Morgan fingerprint density at radius 2 is 2.07 bits per heavy atom. The van der Waals surface area contributed by atoms with Crippen LogP contribution in [0.4, 0.5) is 10.5 Å². The van der Waals surface area contributed by atoms with Crippen molar-refractivity contribution in [2.24, 2.45) is 0 Å². The quantitative estimate of drug-likeness (QED) is 0.758. The van der Waals surface area contributed by atoms with Crippen molar-refractivity contribution in [3.8, 4) is 5.88 Å². The van der Waals surface area contributed by atoms with Crippen molar-refractivity contribution in [1.82, 2.24) is 15.2 Å². The fourth-order valence-electron chi connectivity index (χ4n) is 3.09. The first-order valence-electron chi connectivity index (χ1n) is 9.57. The maximum atomic E-state index is 12.5. The second kappa shape index (κ2) is 9.57. The monoisotopic (exact) mass is 388 g/mol. The third-order valence-electron chi connectivity index (χ3n) is 4.40. The summed E-state index contributed by atoms with van der Waals surface area (Å²) in [5, 5.41) is 5.76. The molecule has 2 N–H and O–H groups in total. The van der Waals surface area contributed by atoms with Crippen LogP contribution >= 0.6 is 0 Å². The number of hydrogen-bond donors (Lipinski definition) is 2. The predicted octanol–water partition coefficient (Wildman–Crippen LogP) is 2.97. The second-order valence-corrected chi connectivity index (χ2v) is 6.97. The number of urea groups is 1. The minimum atomic E-state index is -0.317. The molecular weight excluding hydrogens is 360 g/mol. The molecule has 0 radical (unpaired) electrons. The smallest absolute Gasteiger partial charge is 0.319 e. The van der Waals surface area contributed by atoms with Gasteiger partial charge in [-0.25, -0.2) is 9.78 Å². The van der Waals surface area contributed by atoms with Crippen molar-refractivity contribution < 1.29 is 18.7 Å². The van der Waals surface area contributed by atoms with Gasteiger partial charge in [-0.1, -0.05) is 0 Å². The van der Waals surface area contributed by atoms with Gasteiger partial charge < -0.3 is 24.5 Å². The molecule has 8 nitrogen and oxygen atoms in total. The molecule has 0 spiro atoms. The average molecular weight is 388 g/mol. The molecule has 2 aromatic heterocycles. The van der Waals surface area contributed by atoms with Gasteiger partial charge in [0, 0.05) is 25.8 Å². The first-order valence-corrected chi connectivity index (χ1v) is 9.57.